The van der Waals surface area contributed by atoms with E-state index in [1.807, 2.05) is 37.3 Å². The van der Waals surface area contributed by atoms with Crippen LogP contribution < -0.4 is 0 Å². The second-order valence-corrected chi connectivity index (χ2v) is 6.43. The maximum atomic E-state index is 12.9. The minimum atomic E-state index is -4.51. The number of aromatic nitrogens is 1. The predicted molar refractivity (Wildman–Crippen MR) is 87.7 cm³/mol. The molecule has 0 N–H and O–H groups in total. The van der Waals surface area contributed by atoms with Gasteiger partial charge in [0.25, 0.3) is 5.91 Å². The van der Waals surface area contributed by atoms with Crippen molar-refractivity contribution in [1.29, 1.82) is 0 Å². The van der Waals surface area contributed by atoms with Crippen LogP contribution in [-0.2, 0) is 12.7 Å². The second kappa shape index (κ2) is 6.86. The molecule has 25 heavy (non-hydrogen) atoms. The van der Waals surface area contributed by atoms with Gasteiger partial charge in [0, 0.05) is 18.8 Å². The van der Waals surface area contributed by atoms with Crippen molar-refractivity contribution in [2.24, 2.45) is 5.92 Å². The van der Waals surface area contributed by atoms with Crippen LogP contribution in [0.25, 0.3) is 0 Å². The highest BCUT2D eigenvalue weighted by Gasteiger charge is 2.36. The van der Waals surface area contributed by atoms with Crippen LogP contribution >= 0.6 is 0 Å². The Kier molecular flexibility index (Phi) is 4.79. The van der Waals surface area contributed by atoms with Crippen molar-refractivity contribution in [3.63, 3.8) is 0 Å². The molecule has 1 aromatic heterocycles. The Morgan fingerprint density at radius 3 is 2.40 bits per heavy atom. The molecule has 0 spiro atoms. The zero-order chi connectivity index (χ0) is 18.0. The molecule has 132 valence electrons. The fourth-order valence-corrected chi connectivity index (χ4v) is 2.87. The molecule has 0 saturated heterocycles. The quantitative estimate of drug-likeness (QED) is 0.795. The SMILES string of the molecule is CC(C1CC1)N(Cc1ccccc1)C(=O)c1ccc(C(F)(F)F)nc1. The lowest BCUT2D eigenvalue weighted by molar-refractivity contribution is -0.141. The van der Waals surface area contributed by atoms with Gasteiger partial charge >= 0.3 is 6.18 Å². The minimum Gasteiger partial charge on any atom is -0.331 e. The number of rotatable bonds is 5. The monoisotopic (exact) mass is 348 g/mol. The standard InChI is InChI=1S/C19H19F3N2O/c1-13(15-7-8-15)24(12-14-5-3-2-4-6-14)18(25)16-9-10-17(23-11-16)19(20,21)22/h2-6,9-11,13,15H,7-8,12H2,1H3. The van der Waals surface area contributed by atoms with Gasteiger partial charge in [0.1, 0.15) is 5.69 Å². The van der Waals surface area contributed by atoms with Crippen molar-refractivity contribution >= 4 is 5.91 Å². The summed E-state index contributed by atoms with van der Waals surface area (Å²) in [5.41, 5.74) is 0.175. The van der Waals surface area contributed by atoms with E-state index in [-0.39, 0.29) is 17.5 Å². The van der Waals surface area contributed by atoms with E-state index in [1.54, 1.807) is 4.90 Å². The summed E-state index contributed by atoms with van der Waals surface area (Å²) in [5.74, 6) is 0.166. The zero-order valence-corrected chi connectivity index (χ0v) is 13.8. The van der Waals surface area contributed by atoms with Crippen molar-refractivity contribution in [1.82, 2.24) is 9.88 Å². The van der Waals surface area contributed by atoms with Gasteiger partial charge in [0.05, 0.1) is 5.56 Å². The van der Waals surface area contributed by atoms with Crippen LogP contribution in [0.4, 0.5) is 13.2 Å². The van der Waals surface area contributed by atoms with E-state index in [9.17, 15) is 18.0 Å². The molecule has 1 aliphatic carbocycles. The first kappa shape index (κ1) is 17.5. The summed E-state index contributed by atoms with van der Waals surface area (Å²) in [6, 6.07) is 11.7. The highest BCUT2D eigenvalue weighted by Crippen LogP contribution is 2.36. The summed E-state index contributed by atoms with van der Waals surface area (Å²) in [6.07, 6.45) is -1.34. The maximum absolute atomic E-state index is 12.9. The Morgan fingerprint density at radius 1 is 1.20 bits per heavy atom. The van der Waals surface area contributed by atoms with E-state index in [0.717, 1.165) is 30.7 Å². The van der Waals surface area contributed by atoms with Crippen LogP contribution in [0.15, 0.2) is 48.7 Å². The Labute approximate surface area is 144 Å². The van der Waals surface area contributed by atoms with Crippen molar-refractivity contribution in [3.8, 4) is 0 Å². The molecule has 1 aromatic carbocycles. The number of carbonyl (C=O) groups is 1. The van der Waals surface area contributed by atoms with Crippen LogP contribution in [0.2, 0.25) is 0 Å². The molecule has 1 heterocycles. The zero-order valence-electron chi connectivity index (χ0n) is 13.8. The second-order valence-electron chi connectivity index (χ2n) is 6.43. The van der Waals surface area contributed by atoms with Gasteiger partial charge in [-0.05, 0) is 43.4 Å². The molecule has 3 rings (SSSR count). The van der Waals surface area contributed by atoms with E-state index in [2.05, 4.69) is 4.98 Å². The maximum Gasteiger partial charge on any atom is 0.433 e. The molecule has 1 unspecified atom stereocenters. The molecule has 2 aromatic rings. The van der Waals surface area contributed by atoms with Crippen LogP contribution in [0.1, 0.15) is 41.4 Å². The third-order valence-electron chi connectivity index (χ3n) is 4.55. The van der Waals surface area contributed by atoms with Crippen LogP contribution in [-0.4, -0.2) is 21.8 Å². The van der Waals surface area contributed by atoms with Gasteiger partial charge in [0.2, 0.25) is 0 Å². The molecule has 1 aliphatic rings. The first-order valence-corrected chi connectivity index (χ1v) is 8.24. The van der Waals surface area contributed by atoms with Gasteiger partial charge in [-0.1, -0.05) is 30.3 Å². The van der Waals surface area contributed by atoms with Gasteiger partial charge in [-0.2, -0.15) is 13.2 Å². The Bertz CT molecular complexity index is 725. The van der Waals surface area contributed by atoms with Crippen LogP contribution in [0.5, 0.6) is 0 Å². The molecule has 0 bridgehead atoms. The highest BCUT2D eigenvalue weighted by atomic mass is 19.4. The number of alkyl halides is 3. The number of benzene rings is 1. The first-order valence-electron chi connectivity index (χ1n) is 8.24. The van der Waals surface area contributed by atoms with Gasteiger partial charge in [-0.25, -0.2) is 0 Å². The molecule has 3 nitrogen and oxygen atoms in total. The largest absolute Gasteiger partial charge is 0.433 e. The molecule has 1 amide bonds. The molecule has 1 fully saturated rings. The van der Waals surface area contributed by atoms with Gasteiger partial charge in [-0.3, -0.25) is 9.78 Å². The summed E-state index contributed by atoms with van der Waals surface area (Å²) in [6.45, 7) is 2.42. The van der Waals surface area contributed by atoms with Crippen molar-refractivity contribution in [2.75, 3.05) is 0 Å². The van der Waals surface area contributed by atoms with Crippen LogP contribution in [0.3, 0.4) is 0 Å². The lowest BCUT2D eigenvalue weighted by Crippen LogP contribution is -2.39. The van der Waals surface area contributed by atoms with Gasteiger partial charge < -0.3 is 4.90 Å². The number of nitrogens with zero attached hydrogens (tertiary/aromatic N) is 2. The van der Waals surface area contributed by atoms with E-state index < -0.39 is 11.9 Å². The lowest BCUT2D eigenvalue weighted by atomic mass is 10.1. The topological polar surface area (TPSA) is 33.2 Å². The van der Waals surface area contributed by atoms with E-state index in [0.29, 0.717) is 12.5 Å². The van der Waals surface area contributed by atoms with Gasteiger partial charge in [0.15, 0.2) is 0 Å². The fraction of sp³-hybridized carbons (Fsp3) is 0.368. The van der Waals surface area contributed by atoms with E-state index in [4.69, 9.17) is 0 Å². The first-order chi connectivity index (χ1) is 11.9. The average Bonchev–Trinajstić information content (AvgIpc) is 3.44. The smallest absolute Gasteiger partial charge is 0.331 e. The lowest BCUT2D eigenvalue weighted by Gasteiger charge is -2.29. The molecule has 6 heteroatoms. The molecule has 0 radical (unpaired) electrons. The van der Waals surface area contributed by atoms with Crippen molar-refractivity contribution in [3.05, 3.63) is 65.5 Å². The van der Waals surface area contributed by atoms with Crippen molar-refractivity contribution in [2.45, 2.75) is 38.5 Å². The Morgan fingerprint density at radius 2 is 1.88 bits per heavy atom. The Balaban J connectivity index is 1.83. The normalized spacial score (nSPS) is 15.7. The molecule has 1 atom stereocenters. The number of hydrogen-bond donors (Lipinski definition) is 0. The van der Waals surface area contributed by atoms with Crippen LogP contribution in [0, 0.1) is 5.92 Å². The summed E-state index contributed by atoms with van der Waals surface area (Å²) in [7, 11) is 0. The number of pyridine rings is 1. The molecular weight excluding hydrogens is 329 g/mol. The molecular formula is C19H19F3N2O. The van der Waals surface area contributed by atoms with Crippen molar-refractivity contribution < 1.29 is 18.0 Å². The summed E-state index contributed by atoms with van der Waals surface area (Å²) in [5, 5.41) is 0. The average molecular weight is 348 g/mol. The fourth-order valence-electron chi connectivity index (χ4n) is 2.87. The third-order valence-corrected chi connectivity index (χ3v) is 4.55. The Hall–Kier alpha value is -2.37. The third kappa shape index (κ3) is 4.18. The number of halogens is 3. The minimum absolute atomic E-state index is 0.0370. The highest BCUT2D eigenvalue weighted by molar-refractivity contribution is 5.94. The molecule has 0 aliphatic heterocycles. The summed E-state index contributed by atoms with van der Waals surface area (Å²) < 4.78 is 38.0. The molecule has 1 saturated carbocycles. The predicted octanol–water partition coefficient (Wildman–Crippen LogP) is 4.54. The number of hydrogen-bond acceptors (Lipinski definition) is 2. The number of amides is 1. The van der Waals surface area contributed by atoms with E-state index >= 15 is 0 Å². The van der Waals surface area contributed by atoms with Gasteiger partial charge in [-0.15, -0.1) is 0 Å². The van der Waals surface area contributed by atoms with E-state index in [1.165, 1.54) is 6.07 Å². The summed E-state index contributed by atoms with van der Waals surface area (Å²) in [4.78, 5) is 18.0. The number of carbonyl (C=O) groups excluding carboxylic acids is 1. The summed E-state index contributed by atoms with van der Waals surface area (Å²) >= 11 is 0.